The second-order valence-corrected chi connectivity index (χ2v) is 7.48. The monoisotopic (exact) mass is 370 g/mol. The van der Waals surface area contributed by atoms with Crippen molar-refractivity contribution in [2.24, 2.45) is 0 Å². The van der Waals surface area contributed by atoms with Crippen molar-refractivity contribution in [1.82, 2.24) is 0 Å². The first-order chi connectivity index (χ1) is 9.89. The van der Waals surface area contributed by atoms with Crippen molar-refractivity contribution in [3.05, 3.63) is 52.3 Å². The summed E-state index contributed by atoms with van der Waals surface area (Å²) in [5.74, 6) is -0.452. The van der Waals surface area contributed by atoms with E-state index in [-0.39, 0.29) is 4.90 Å². The lowest BCUT2D eigenvalue weighted by molar-refractivity contribution is 0.591. The summed E-state index contributed by atoms with van der Waals surface area (Å²) in [7, 11) is -3.75. The molecule has 2 aromatic rings. The van der Waals surface area contributed by atoms with Crippen LogP contribution >= 0.6 is 15.9 Å². The number of nitrogens with two attached hydrogens (primary N) is 1. The van der Waals surface area contributed by atoms with Crippen LogP contribution in [0.4, 0.5) is 15.8 Å². The van der Waals surface area contributed by atoms with Crippen LogP contribution in [0.25, 0.3) is 0 Å². The molecule has 0 spiro atoms. The van der Waals surface area contributed by atoms with Gasteiger partial charge >= 0.3 is 0 Å². The normalized spacial score (nSPS) is 14.3. The lowest BCUT2D eigenvalue weighted by Gasteiger charge is -2.20. The molecule has 2 aromatic carbocycles. The van der Waals surface area contributed by atoms with E-state index in [1.54, 1.807) is 6.07 Å². The zero-order valence-corrected chi connectivity index (χ0v) is 13.3. The predicted octanol–water partition coefficient (Wildman–Crippen LogP) is 2.92. The molecule has 0 radical (unpaired) electrons. The van der Waals surface area contributed by atoms with Crippen molar-refractivity contribution >= 4 is 37.3 Å². The number of rotatable bonds is 2. The highest BCUT2D eigenvalue weighted by Gasteiger charge is 2.32. The van der Waals surface area contributed by atoms with Crippen LogP contribution in [0.2, 0.25) is 0 Å². The van der Waals surface area contributed by atoms with Crippen LogP contribution in [0, 0.1) is 5.82 Å². The molecule has 1 aliphatic heterocycles. The molecular formula is C14H12BrFN2O2S. The second kappa shape index (κ2) is 4.99. The minimum atomic E-state index is -3.75. The van der Waals surface area contributed by atoms with Gasteiger partial charge < -0.3 is 5.73 Å². The van der Waals surface area contributed by atoms with Gasteiger partial charge in [-0.1, -0.05) is 6.07 Å². The fourth-order valence-electron chi connectivity index (χ4n) is 2.42. The SMILES string of the molecule is Nc1ccc(S(=O)(=O)N2CCc3ccc(F)cc32)c(Br)c1. The smallest absolute Gasteiger partial charge is 0.265 e. The third-order valence-corrected chi connectivity index (χ3v) is 6.21. The third-order valence-electron chi connectivity index (χ3n) is 3.42. The molecule has 4 nitrogen and oxygen atoms in total. The van der Waals surface area contributed by atoms with E-state index in [2.05, 4.69) is 15.9 Å². The van der Waals surface area contributed by atoms with E-state index in [0.717, 1.165) is 5.56 Å². The van der Waals surface area contributed by atoms with E-state index in [1.807, 2.05) is 0 Å². The summed E-state index contributed by atoms with van der Waals surface area (Å²) in [5, 5.41) is 0. The number of fused-ring (bicyclic) bond motifs is 1. The first-order valence-electron chi connectivity index (χ1n) is 6.26. The molecule has 0 aromatic heterocycles. The van der Waals surface area contributed by atoms with Crippen molar-refractivity contribution in [3.8, 4) is 0 Å². The number of benzene rings is 2. The summed E-state index contributed by atoms with van der Waals surface area (Å²) >= 11 is 3.22. The van der Waals surface area contributed by atoms with Crippen molar-refractivity contribution in [2.45, 2.75) is 11.3 Å². The Labute approximate surface area is 130 Å². The fraction of sp³-hybridized carbons (Fsp3) is 0.143. The molecule has 0 bridgehead atoms. The van der Waals surface area contributed by atoms with Gasteiger partial charge in [0, 0.05) is 16.7 Å². The molecule has 21 heavy (non-hydrogen) atoms. The highest BCUT2D eigenvalue weighted by molar-refractivity contribution is 9.10. The summed E-state index contributed by atoms with van der Waals surface area (Å²) in [5.41, 5.74) is 7.33. The maximum Gasteiger partial charge on any atom is 0.265 e. The quantitative estimate of drug-likeness (QED) is 0.826. The third kappa shape index (κ3) is 2.40. The zero-order valence-electron chi connectivity index (χ0n) is 10.9. The number of anilines is 2. The Kier molecular flexibility index (Phi) is 3.41. The van der Waals surface area contributed by atoms with E-state index < -0.39 is 15.8 Å². The van der Waals surface area contributed by atoms with Gasteiger partial charge in [-0.25, -0.2) is 12.8 Å². The molecule has 0 fully saturated rings. The molecular weight excluding hydrogens is 359 g/mol. The average molecular weight is 371 g/mol. The van der Waals surface area contributed by atoms with Gasteiger partial charge in [0.05, 0.1) is 5.69 Å². The van der Waals surface area contributed by atoms with E-state index in [0.29, 0.717) is 28.8 Å². The Morgan fingerprint density at radius 1 is 1.19 bits per heavy atom. The Bertz CT molecular complexity index is 824. The van der Waals surface area contributed by atoms with Crippen LogP contribution in [-0.4, -0.2) is 15.0 Å². The van der Waals surface area contributed by atoms with Crippen molar-refractivity contribution in [1.29, 1.82) is 0 Å². The minimum absolute atomic E-state index is 0.119. The fourth-order valence-corrected chi connectivity index (χ4v) is 4.97. The van der Waals surface area contributed by atoms with Crippen molar-refractivity contribution in [2.75, 3.05) is 16.6 Å². The van der Waals surface area contributed by atoms with E-state index >= 15 is 0 Å². The zero-order chi connectivity index (χ0) is 15.2. The summed E-state index contributed by atoms with van der Waals surface area (Å²) < 4.78 is 40.6. The van der Waals surface area contributed by atoms with E-state index in [9.17, 15) is 12.8 Å². The molecule has 2 N–H and O–H groups in total. The first-order valence-corrected chi connectivity index (χ1v) is 8.49. The van der Waals surface area contributed by atoms with E-state index in [1.165, 1.54) is 34.6 Å². The summed E-state index contributed by atoms with van der Waals surface area (Å²) in [6.07, 6.45) is 0.571. The molecule has 1 aliphatic rings. The highest BCUT2D eigenvalue weighted by atomic mass is 79.9. The lowest BCUT2D eigenvalue weighted by atomic mass is 10.2. The van der Waals surface area contributed by atoms with Gasteiger partial charge in [0.2, 0.25) is 0 Å². The molecule has 0 saturated carbocycles. The van der Waals surface area contributed by atoms with Gasteiger partial charge in [-0.3, -0.25) is 4.31 Å². The lowest BCUT2D eigenvalue weighted by Crippen LogP contribution is -2.29. The minimum Gasteiger partial charge on any atom is -0.399 e. The number of nitrogen functional groups attached to an aromatic ring is 1. The van der Waals surface area contributed by atoms with Gasteiger partial charge in [0.25, 0.3) is 10.0 Å². The number of hydrogen-bond donors (Lipinski definition) is 1. The van der Waals surface area contributed by atoms with Gasteiger partial charge in [0.15, 0.2) is 0 Å². The highest BCUT2D eigenvalue weighted by Crippen LogP contribution is 2.35. The predicted molar refractivity (Wildman–Crippen MR) is 83.2 cm³/mol. The van der Waals surface area contributed by atoms with E-state index in [4.69, 9.17) is 5.73 Å². The summed E-state index contributed by atoms with van der Waals surface area (Å²) in [4.78, 5) is 0.119. The number of halogens is 2. The summed E-state index contributed by atoms with van der Waals surface area (Å²) in [6, 6.07) is 8.74. The topological polar surface area (TPSA) is 63.4 Å². The van der Waals surface area contributed by atoms with Gasteiger partial charge in [-0.05, 0) is 58.2 Å². The molecule has 0 aliphatic carbocycles. The Balaban J connectivity index is 2.11. The molecule has 0 amide bonds. The first kappa shape index (κ1) is 14.3. The average Bonchev–Trinajstić information content (AvgIpc) is 2.81. The molecule has 7 heteroatoms. The van der Waals surface area contributed by atoms with Crippen LogP contribution in [-0.2, 0) is 16.4 Å². The van der Waals surface area contributed by atoms with Gasteiger partial charge in [-0.15, -0.1) is 0 Å². The molecule has 3 rings (SSSR count). The molecule has 110 valence electrons. The Hall–Kier alpha value is -1.60. The second-order valence-electron chi connectivity index (χ2n) is 4.79. The van der Waals surface area contributed by atoms with Crippen LogP contribution < -0.4 is 10.0 Å². The van der Waals surface area contributed by atoms with Crippen LogP contribution in [0.1, 0.15) is 5.56 Å². The maximum absolute atomic E-state index is 13.4. The largest absolute Gasteiger partial charge is 0.399 e. The van der Waals surface area contributed by atoms with Crippen molar-refractivity contribution in [3.63, 3.8) is 0 Å². The molecule has 0 saturated heterocycles. The van der Waals surface area contributed by atoms with Crippen LogP contribution in [0.15, 0.2) is 45.8 Å². The summed E-state index contributed by atoms with van der Waals surface area (Å²) in [6.45, 7) is 0.304. The number of nitrogens with zero attached hydrogens (tertiary/aromatic N) is 1. The van der Waals surface area contributed by atoms with Crippen LogP contribution in [0.3, 0.4) is 0 Å². The Morgan fingerprint density at radius 2 is 1.95 bits per heavy atom. The van der Waals surface area contributed by atoms with Crippen molar-refractivity contribution < 1.29 is 12.8 Å². The number of sulfonamides is 1. The molecule has 1 heterocycles. The molecule has 0 atom stereocenters. The Morgan fingerprint density at radius 3 is 2.67 bits per heavy atom. The molecule has 0 unspecified atom stereocenters. The number of hydrogen-bond acceptors (Lipinski definition) is 3. The van der Waals surface area contributed by atoms with Gasteiger partial charge in [0.1, 0.15) is 10.7 Å². The maximum atomic E-state index is 13.4. The standard InChI is InChI=1S/C14H12BrFN2O2S/c15-12-8-11(17)3-4-14(12)21(19,20)18-6-5-9-1-2-10(16)7-13(9)18/h1-4,7-8H,5-6,17H2. The van der Waals surface area contributed by atoms with Crippen LogP contribution in [0.5, 0.6) is 0 Å². The van der Waals surface area contributed by atoms with Gasteiger partial charge in [-0.2, -0.15) is 0 Å².